The predicted molar refractivity (Wildman–Crippen MR) is 88.1 cm³/mol. The molecular weight excluding hydrogens is 338 g/mol. The van der Waals surface area contributed by atoms with Crippen molar-refractivity contribution in [3.8, 4) is 0 Å². The van der Waals surface area contributed by atoms with Crippen molar-refractivity contribution >= 4 is 23.5 Å². The third-order valence-electron chi connectivity index (χ3n) is 2.89. The minimum absolute atomic E-state index is 0.163. The number of benzene rings is 1. The Balaban J connectivity index is 0.000000307. The molecular formula is C16H20ClNO6. The van der Waals surface area contributed by atoms with E-state index < -0.39 is 11.9 Å². The second kappa shape index (κ2) is 11.6. The highest BCUT2D eigenvalue weighted by molar-refractivity contribution is 6.31. The molecule has 0 radical (unpaired) electrons. The summed E-state index contributed by atoms with van der Waals surface area (Å²) >= 11 is 6.02. The largest absolute Gasteiger partial charge is 0.478 e. The molecule has 8 heteroatoms. The summed E-state index contributed by atoms with van der Waals surface area (Å²) in [5, 5.41) is 19.6. The SMILES string of the molecule is Clc1ccccc1COCC1CNCCO1.O=C(O)C=CC(=O)O. The van der Waals surface area contributed by atoms with Gasteiger partial charge in [-0.2, -0.15) is 0 Å². The molecule has 1 aliphatic heterocycles. The third kappa shape index (κ3) is 9.26. The molecule has 0 spiro atoms. The zero-order valence-electron chi connectivity index (χ0n) is 13.0. The molecule has 24 heavy (non-hydrogen) atoms. The lowest BCUT2D eigenvalue weighted by atomic mass is 10.2. The van der Waals surface area contributed by atoms with Crippen LogP contribution in [0.1, 0.15) is 5.56 Å². The summed E-state index contributed by atoms with van der Waals surface area (Å²) in [6, 6.07) is 7.73. The molecule has 0 aliphatic carbocycles. The summed E-state index contributed by atoms with van der Waals surface area (Å²) in [6.07, 6.45) is 1.28. The van der Waals surface area contributed by atoms with Crippen LogP contribution in [0.3, 0.4) is 0 Å². The monoisotopic (exact) mass is 357 g/mol. The lowest BCUT2D eigenvalue weighted by molar-refractivity contribution is -0.134. The average molecular weight is 358 g/mol. The zero-order chi connectivity index (χ0) is 17.8. The number of rotatable bonds is 6. The topological polar surface area (TPSA) is 105 Å². The van der Waals surface area contributed by atoms with Gasteiger partial charge in [-0.3, -0.25) is 0 Å². The fraction of sp³-hybridized carbons (Fsp3) is 0.375. The molecule has 0 bridgehead atoms. The van der Waals surface area contributed by atoms with Gasteiger partial charge < -0.3 is 25.0 Å². The van der Waals surface area contributed by atoms with Crippen LogP contribution in [0.4, 0.5) is 0 Å². The number of morpholine rings is 1. The average Bonchev–Trinajstić information content (AvgIpc) is 2.56. The van der Waals surface area contributed by atoms with E-state index in [9.17, 15) is 9.59 Å². The Morgan fingerprint density at radius 1 is 1.29 bits per heavy atom. The first kappa shape index (κ1) is 20.1. The Hall–Kier alpha value is -1.93. The number of carboxylic acid groups (broad SMARTS) is 2. The first-order chi connectivity index (χ1) is 11.5. The molecule has 1 saturated heterocycles. The molecule has 1 aromatic carbocycles. The van der Waals surface area contributed by atoms with Gasteiger partial charge in [0.2, 0.25) is 0 Å². The molecule has 0 amide bonds. The Kier molecular flexibility index (Phi) is 9.71. The van der Waals surface area contributed by atoms with Gasteiger partial charge in [-0.25, -0.2) is 9.59 Å². The summed E-state index contributed by atoms with van der Waals surface area (Å²) in [5.74, 6) is -2.51. The standard InChI is InChI=1S/C12H16ClNO2.C4H4O4/c13-12-4-2-1-3-10(12)8-15-9-11-7-14-5-6-16-11;5-3(6)1-2-4(7)8/h1-4,11,14H,5-9H2;1-2H,(H,5,6)(H,7,8). The lowest BCUT2D eigenvalue weighted by Gasteiger charge is -2.23. The summed E-state index contributed by atoms with van der Waals surface area (Å²) in [6.45, 7) is 3.71. The van der Waals surface area contributed by atoms with E-state index in [0.29, 0.717) is 25.4 Å². The Morgan fingerprint density at radius 2 is 1.96 bits per heavy atom. The molecule has 1 heterocycles. The van der Waals surface area contributed by atoms with Crippen LogP contribution in [0.15, 0.2) is 36.4 Å². The highest BCUT2D eigenvalue weighted by Crippen LogP contribution is 2.15. The predicted octanol–water partition coefficient (Wildman–Crippen LogP) is 1.56. The van der Waals surface area contributed by atoms with Crippen molar-refractivity contribution in [2.45, 2.75) is 12.7 Å². The van der Waals surface area contributed by atoms with Crippen molar-refractivity contribution in [3.05, 3.63) is 47.0 Å². The Bertz CT molecular complexity index is 541. The minimum Gasteiger partial charge on any atom is -0.478 e. The van der Waals surface area contributed by atoms with Crippen LogP contribution in [-0.2, 0) is 25.7 Å². The normalized spacial score (nSPS) is 17.1. The third-order valence-corrected chi connectivity index (χ3v) is 3.26. The van der Waals surface area contributed by atoms with E-state index in [-0.39, 0.29) is 6.10 Å². The van der Waals surface area contributed by atoms with Gasteiger partial charge in [0.1, 0.15) is 0 Å². The quantitative estimate of drug-likeness (QED) is 0.663. The summed E-state index contributed by atoms with van der Waals surface area (Å²) in [7, 11) is 0. The maximum atomic E-state index is 9.55. The number of halogens is 1. The van der Waals surface area contributed by atoms with Crippen LogP contribution in [0, 0.1) is 0 Å². The fourth-order valence-electron chi connectivity index (χ4n) is 1.79. The molecule has 132 valence electrons. The zero-order valence-corrected chi connectivity index (χ0v) is 13.7. The maximum absolute atomic E-state index is 9.55. The second-order valence-electron chi connectivity index (χ2n) is 4.81. The van der Waals surface area contributed by atoms with Crippen molar-refractivity contribution in [2.24, 2.45) is 0 Å². The van der Waals surface area contributed by atoms with E-state index in [1.807, 2.05) is 24.3 Å². The van der Waals surface area contributed by atoms with Gasteiger partial charge in [-0.1, -0.05) is 29.8 Å². The highest BCUT2D eigenvalue weighted by Gasteiger charge is 2.13. The number of carboxylic acids is 2. The van der Waals surface area contributed by atoms with Crippen molar-refractivity contribution in [2.75, 3.05) is 26.3 Å². The molecule has 1 aliphatic rings. The Morgan fingerprint density at radius 3 is 2.50 bits per heavy atom. The van der Waals surface area contributed by atoms with Crippen LogP contribution < -0.4 is 5.32 Å². The van der Waals surface area contributed by atoms with Gasteiger partial charge in [0.25, 0.3) is 0 Å². The Labute approximate surface area is 144 Å². The second-order valence-corrected chi connectivity index (χ2v) is 5.22. The minimum atomic E-state index is -1.26. The van der Waals surface area contributed by atoms with Crippen LogP contribution in [0.5, 0.6) is 0 Å². The van der Waals surface area contributed by atoms with Gasteiger partial charge in [0, 0.05) is 30.3 Å². The smallest absolute Gasteiger partial charge is 0.328 e. The fourth-order valence-corrected chi connectivity index (χ4v) is 1.98. The number of nitrogens with one attached hydrogen (secondary N) is 1. The van der Waals surface area contributed by atoms with Crippen LogP contribution in [0.25, 0.3) is 0 Å². The van der Waals surface area contributed by atoms with Crippen LogP contribution in [0.2, 0.25) is 5.02 Å². The van der Waals surface area contributed by atoms with Crippen LogP contribution >= 0.6 is 11.6 Å². The van der Waals surface area contributed by atoms with Gasteiger partial charge in [0.05, 0.1) is 25.9 Å². The molecule has 1 unspecified atom stereocenters. The molecule has 7 nitrogen and oxygen atoms in total. The molecule has 1 atom stereocenters. The molecule has 3 N–H and O–H groups in total. The van der Waals surface area contributed by atoms with E-state index in [2.05, 4.69) is 5.32 Å². The molecule has 1 aromatic rings. The van der Waals surface area contributed by atoms with E-state index in [1.165, 1.54) is 0 Å². The van der Waals surface area contributed by atoms with Crippen molar-refractivity contribution in [3.63, 3.8) is 0 Å². The van der Waals surface area contributed by atoms with E-state index in [1.54, 1.807) is 0 Å². The number of hydrogen-bond donors (Lipinski definition) is 3. The first-order valence-electron chi connectivity index (χ1n) is 7.26. The number of hydrogen-bond acceptors (Lipinski definition) is 5. The highest BCUT2D eigenvalue weighted by atomic mass is 35.5. The number of ether oxygens (including phenoxy) is 2. The van der Waals surface area contributed by atoms with Gasteiger partial charge in [-0.05, 0) is 11.6 Å². The molecule has 2 rings (SSSR count). The lowest BCUT2D eigenvalue weighted by Crippen LogP contribution is -2.40. The van der Waals surface area contributed by atoms with E-state index >= 15 is 0 Å². The van der Waals surface area contributed by atoms with Crippen molar-refractivity contribution in [1.82, 2.24) is 5.32 Å². The van der Waals surface area contributed by atoms with Crippen molar-refractivity contribution in [1.29, 1.82) is 0 Å². The van der Waals surface area contributed by atoms with Gasteiger partial charge in [0.15, 0.2) is 0 Å². The maximum Gasteiger partial charge on any atom is 0.328 e. The summed E-state index contributed by atoms with van der Waals surface area (Å²) < 4.78 is 11.1. The molecule has 1 fully saturated rings. The van der Waals surface area contributed by atoms with Crippen molar-refractivity contribution < 1.29 is 29.3 Å². The van der Waals surface area contributed by atoms with Gasteiger partial charge >= 0.3 is 11.9 Å². The number of aliphatic carboxylic acids is 2. The van der Waals surface area contributed by atoms with Gasteiger partial charge in [-0.15, -0.1) is 0 Å². The van der Waals surface area contributed by atoms with E-state index in [4.69, 9.17) is 31.3 Å². The summed E-state index contributed by atoms with van der Waals surface area (Å²) in [4.78, 5) is 19.1. The number of carbonyl (C=O) groups is 2. The molecule has 0 saturated carbocycles. The van der Waals surface area contributed by atoms with Crippen LogP contribution in [-0.4, -0.2) is 54.6 Å². The van der Waals surface area contributed by atoms with E-state index in [0.717, 1.165) is 30.3 Å². The first-order valence-corrected chi connectivity index (χ1v) is 7.64. The summed E-state index contributed by atoms with van der Waals surface area (Å²) in [5.41, 5.74) is 1.02. The molecule has 0 aromatic heterocycles.